The number of non-ortho nitro benzene ring substituents is 1. The summed E-state index contributed by atoms with van der Waals surface area (Å²) in [5.41, 5.74) is 3.02. The van der Waals surface area contributed by atoms with Gasteiger partial charge in [-0.2, -0.15) is 5.10 Å². The monoisotopic (exact) mass is 380 g/mol. The largest absolute Gasteiger partial charge is 0.368 e. The van der Waals surface area contributed by atoms with Crippen molar-refractivity contribution in [3.63, 3.8) is 0 Å². The summed E-state index contributed by atoms with van der Waals surface area (Å²) in [5.74, 6) is 0. The van der Waals surface area contributed by atoms with Crippen LogP contribution in [0.4, 0.5) is 11.4 Å². The van der Waals surface area contributed by atoms with E-state index >= 15 is 0 Å². The molecule has 4 rings (SSSR count). The quantitative estimate of drug-likeness (QED) is 0.500. The summed E-state index contributed by atoms with van der Waals surface area (Å²) in [7, 11) is 0. The second-order valence-corrected chi connectivity index (χ2v) is 7.08. The van der Waals surface area contributed by atoms with Crippen molar-refractivity contribution < 1.29 is 4.92 Å². The minimum absolute atomic E-state index is 0.108. The lowest BCUT2D eigenvalue weighted by Crippen LogP contribution is -2.30. The topological polar surface area (TPSA) is 80.3 Å². The molecule has 0 bridgehead atoms. The van der Waals surface area contributed by atoms with Crippen LogP contribution in [-0.2, 0) is 13.1 Å². The van der Waals surface area contributed by atoms with Crippen molar-refractivity contribution in [2.24, 2.45) is 0 Å². The SMILES string of the molecule is CCn1cc(CN2CCCN(c3ccc([N+](=O)[O-])c4cccnc34)CC2)cn1. The van der Waals surface area contributed by atoms with E-state index in [1.807, 2.05) is 16.9 Å². The summed E-state index contributed by atoms with van der Waals surface area (Å²) in [6.45, 7) is 7.60. The minimum atomic E-state index is -0.339. The number of aryl methyl sites for hydroxylation is 1. The Morgan fingerprint density at radius 1 is 1.18 bits per heavy atom. The molecule has 1 aliphatic heterocycles. The molecule has 3 aromatic rings. The van der Waals surface area contributed by atoms with Crippen LogP contribution in [0.1, 0.15) is 18.9 Å². The first-order chi connectivity index (χ1) is 13.7. The van der Waals surface area contributed by atoms with Gasteiger partial charge in [-0.15, -0.1) is 0 Å². The lowest BCUT2D eigenvalue weighted by molar-refractivity contribution is -0.383. The highest BCUT2D eigenvalue weighted by Crippen LogP contribution is 2.32. The number of anilines is 1. The van der Waals surface area contributed by atoms with Crippen LogP contribution in [-0.4, -0.2) is 50.8 Å². The smallest absolute Gasteiger partial charge is 0.278 e. The number of nitrogens with zero attached hydrogens (tertiary/aromatic N) is 6. The average molecular weight is 380 g/mol. The molecular weight excluding hydrogens is 356 g/mol. The second-order valence-electron chi connectivity index (χ2n) is 7.08. The molecule has 1 aromatic carbocycles. The Balaban J connectivity index is 1.53. The molecule has 0 aliphatic carbocycles. The molecule has 146 valence electrons. The summed E-state index contributed by atoms with van der Waals surface area (Å²) in [6, 6.07) is 6.97. The van der Waals surface area contributed by atoms with E-state index in [-0.39, 0.29) is 10.6 Å². The van der Waals surface area contributed by atoms with Crippen LogP contribution in [0.25, 0.3) is 10.9 Å². The van der Waals surface area contributed by atoms with Crippen LogP contribution in [0.3, 0.4) is 0 Å². The molecule has 0 spiro atoms. The Kier molecular flexibility index (Phi) is 5.21. The third-order valence-corrected chi connectivity index (χ3v) is 5.27. The van der Waals surface area contributed by atoms with Crippen molar-refractivity contribution in [2.75, 3.05) is 31.1 Å². The van der Waals surface area contributed by atoms with Crippen LogP contribution in [0.2, 0.25) is 0 Å². The van der Waals surface area contributed by atoms with Crippen molar-refractivity contribution >= 4 is 22.3 Å². The Bertz CT molecular complexity index is 986. The van der Waals surface area contributed by atoms with Gasteiger partial charge >= 0.3 is 0 Å². The van der Waals surface area contributed by atoms with Crippen LogP contribution in [0, 0.1) is 10.1 Å². The van der Waals surface area contributed by atoms with Crippen LogP contribution in [0.15, 0.2) is 42.9 Å². The number of hydrogen-bond donors (Lipinski definition) is 0. The Morgan fingerprint density at radius 3 is 2.86 bits per heavy atom. The molecule has 1 saturated heterocycles. The first kappa shape index (κ1) is 18.4. The van der Waals surface area contributed by atoms with Crippen LogP contribution < -0.4 is 4.90 Å². The number of nitro benzene ring substituents is 1. The van der Waals surface area contributed by atoms with Crippen molar-refractivity contribution in [1.29, 1.82) is 0 Å². The van der Waals surface area contributed by atoms with E-state index in [0.29, 0.717) is 10.9 Å². The molecule has 0 atom stereocenters. The van der Waals surface area contributed by atoms with Crippen molar-refractivity contribution in [3.8, 4) is 0 Å². The van der Waals surface area contributed by atoms with E-state index in [1.54, 1.807) is 24.4 Å². The van der Waals surface area contributed by atoms with Gasteiger partial charge in [0.2, 0.25) is 0 Å². The molecule has 0 saturated carbocycles. The van der Waals surface area contributed by atoms with Gasteiger partial charge in [0.05, 0.1) is 22.2 Å². The highest BCUT2D eigenvalue weighted by molar-refractivity contribution is 5.97. The van der Waals surface area contributed by atoms with Gasteiger partial charge in [-0.3, -0.25) is 24.7 Å². The van der Waals surface area contributed by atoms with E-state index in [4.69, 9.17) is 0 Å². The van der Waals surface area contributed by atoms with Gasteiger partial charge in [0.15, 0.2) is 0 Å². The summed E-state index contributed by atoms with van der Waals surface area (Å²) >= 11 is 0. The predicted molar refractivity (Wildman–Crippen MR) is 108 cm³/mol. The molecule has 3 heterocycles. The number of hydrogen-bond acceptors (Lipinski definition) is 6. The molecule has 0 amide bonds. The van der Waals surface area contributed by atoms with Gasteiger partial charge in [0.25, 0.3) is 5.69 Å². The highest BCUT2D eigenvalue weighted by atomic mass is 16.6. The van der Waals surface area contributed by atoms with Crippen molar-refractivity contribution in [3.05, 3.63) is 58.5 Å². The summed E-state index contributed by atoms with van der Waals surface area (Å²) in [6.07, 6.45) is 6.79. The van der Waals surface area contributed by atoms with Gasteiger partial charge < -0.3 is 4.90 Å². The predicted octanol–water partition coefficient (Wildman–Crippen LogP) is 3.07. The molecule has 0 radical (unpaired) electrons. The van der Waals surface area contributed by atoms with Gasteiger partial charge in [-0.1, -0.05) is 0 Å². The van der Waals surface area contributed by atoms with Crippen molar-refractivity contribution in [1.82, 2.24) is 19.7 Å². The number of nitro groups is 1. The van der Waals surface area contributed by atoms with E-state index in [2.05, 4.69) is 33.0 Å². The normalized spacial score (nSPS) is 15.7. The number of rotatable bonds is 5. The van der Waals surface area contributed by atoms with Crippen LogP contribution in [0.5, 0.6) is 0 Å². The zero-order chi connectivity index (χ0) is 19.5. The van der Waals surface area contributed by atoms with E-state index in [0.717, 1.165) is 51.4 Å². The zero-order valence-corrected chi connectivity index (χ0v) is 16.0. The third kappa shape index (κ3) is 3.68. The molecule has 8 nitrogen and oxygen atoms in total. The summed E-state index contributed by atoms with van der Waals surface area (Å²) < 4.78 is 1.95. The molecule has 28 heavy (non-hydrogen) atoms. The third-order valence-electron chi connectivity index (χ3n) is 5.27. The molecule has 8 heteroatoms. The van der Waals surface area contributed by atoms with Gasteiger partial charge in [-0.25, -0.2) is 0 Å². The maximum Gasteiger partial charge on any atom is 0.278 e. The van der Waals surface area contributed by atoms with Crippen LogP contribution >= 0.6 is 0 Å². The lowest BCUT2D eigenvalue weighted by atomic mass is 10.1. The lowest BCUT2D eigenvalue weighted by Gasteiger charge is -2.24. The molecule has 1 aliphatic rings. The van der Waals surface area contributed by atoms with E-state index in [1.165, 1.54) is 5.56 Å². The number of aromatic nitrogens is 3. The number of pyridine rings is 1. The summed E-state index contributed by atoms with van der Waals surface area (Å²) in [5, 5.41) is 16.3. The fourth-order valence-corrected chi connectivity index (χ4v) is 3.85. The number of benzene rings is 1. The number of fused-ring (bicyclic) bond motifs is 1. The first-order valence-corrected chi connectivity index (χ1v) is 9.66. The minimum Gasteiger partial charge on any atom is -0.368 e. The van der Waals surface area contributed by atoms with E-state index in [9.17, 15) is 10.1 Å². The Morgan fingerprint density at radius 2 is 2.07 bits per heavy atom. The van der Waals surface area contributed by atoms with E-state index < -0.39 is 0 Å². The molecule has 1 fully saturated rings. The zero-order valence-electron chi connectivity index (χ0n) is 16.0. The molecule has 0 N–H and O–H groups in total. The fraction of sp³-hybridized carbons (Fsp3) is 0.400. The van der Waals surface area contributed by atoms with Gasteiger partial charge in [0, 0.05) is 63.3 Å². The van der Waals surface area contributed by atoms with Crippen molar-refractivity contribution in [2.45, 2.75) is 26.4 Å². The van der Waals surface area contributed by atoms with Gasteiger partial charge in [-0.05, 0) is 31.5 Å². The Labute approximate surface area is 163 Å². The fourth-order valence-electron chi connectivity index (χ4n) is 3.85. The maximum atomic E-state index is 11.3. The average Bonchev–Trinajstić information content (AvgIpc) is 3.04. The standard InChI is InChI=1S/C20H24N6O2/c1-2-25-15-16(13-22-25)14-23-9-4-10-24(12-11-23)19-7-6-18(26(27)28)17-5-3-8-21-20(17)19/h3,5-8,13,15H,2,4,9-12,14H2,1H3. The van der Waals surface area contributed by atoms with Gasteiger partial charge in [0.1, 0.15) is 5.52 Å². The maximum absolute atomic E-state index is 11.3. The molecule has 2 aromatic heterocycles. The summed E-state index contributed by atoms with van der Waals surface area (Å²) in [4.78, 5) is 20.2. The molecule has 0 unspecified atom stereocenters. The Hall–Kier alpha value is -3.00. The second kappa shape index (κ2) is 7.93. The first-order valence-electron chi connectivity index (χ1n) is 9.66. The highest BCUT2D eigenvalue weighted by Gasteiger charge is 2.21. The molecular formula is C20H24N6O2.